The van der Waals surface area contributed by atoms with E-state index in [1.807, 2.05) is 14.0 Å². The molecule has 1 aliphatic rings. The van der Waals surface area contributed by atoms with E-state index in [9.17, 15) is 8.42 Å². The molecule has 1 aliphatic heterocycles. The molecule has 1 fully saturated rings. The van der Waals surface area contributed by atoms with E-state index < -0.39 is 10.0 Å². The van der Waals surface area contributed by atoms with Gasteiger partial charge in [0.15, 0.2) is 4.21 Å². The molecule has 1 unspecified atom stereocenters. The van der Waals surface area contributed by atoms with Crippen molar-refractivity contribution in [3.05, 3.63) is 11.2 Å². The van der Waals surface area contributed by atoms with Gasteiger partial charge in [0.05, 0.1) is 11.2 Å². The second kappa shape index (κ2) is 5.87. The molecule has 1 saturated heterocycles. The molecule has 0 aromatic carbocycles. The fourth-order valence-electron chi connectivity index (χ4n) is 2.44. The first-order valence-electron chi connectivity index (χ1n) is 6.55. The molecule has 0 amide bonds. The molecular formula is C12H21N3O2S2. The van der Waals surface area contributed by atoms with Gasteiger partial charge in [-0.3, -0.25) is 0 Å². The third-order valence-corrected chi connectivity index (χ3v) is 7.10. The van der Waals surface area contributed by atoms with Crippen molar-refractivity contribution in [2.75, 3.05) is 20.1 Å². The number of nitrogens with one attached hydrogen (secondary N) is 1. The van der Waals surface area contributed by atoms with Crippen molar-refractivity contribution < 1.29 is 8.42 Å². The first-order valence-corrected chi connectivity index (χ1v) is 8.80. The minimum atomic E-state index is -3.33. The summed E-state index contributed by atoms with van der Waals surface area (Å²) in [5.74, 6) is 0.555. The van der Waals surface area contributed by atoms with Crippen molar-refractivity contribution in [1.29, 1.82) is 0 Å². The highest BCUT2D eigenvalue weighted by atomic mass is 32.2. The molecule has 0 spiro atoms. The van der Waals surface area contributed by atoms with Crippen LogP contribution in [0.3, 0.4) is 0 Å². The van der Waals surface area contributed by atoms with E-state index in [2.05, 4.69) is 17.2 Å². The van der Waals surface area contributed by atoms with E-state index >= 15 is 0 Å². The van der Waals surface area contributed by atoms with Gasteiger partial charge in [-0.1, -0.05) is 0 Å². The van der Waals surface area contributed by atoms with Crippen LogP contribution in [0.4, 0.5) is 0 Å². The largest absolute Gasteiger partial charge is 0.317 e. The number of hydrogen-bond donors (Lipinski definition) is 1. The molecule has 1 atom stereocenters. The summed E-state index contributed by atoms with van der Waals surface area (Å²) in [4.78, 5) is 4.04. The lowest BCUT2D eigenvalue weighted by atomic mass is 9.91. The molecule has 19 heavy (non-hydrogen) atoms. The van der Waals surface area contributed by atoms with E-state index in [0.717, 1.165) is 17.8 Å². The zero-order valence-electron chi connectivity index (χ0n) is 11.6. The van der Waals surface area contributed by atoms with Gasteiger partial charge in [0.2, 0.25) is 0 Å². The summed E-state index contributed by atoms with van der Waals surface area (Å²) in [7, 11) is -1.38. The zero-order chi connectivity index (χ0) is 14.0. The van der Waals surface area contributed by atoms with Crippen LogP contribution < -0.4 is 5.32 Å². The zero-order valence-corrected chi connectivity index (χ0v) is 13.2. The van der Waals surface area contributed by atoms with Crippen molar-refractivity contribution >= 4 is 21.4 Å². The molecule has 1 N–H and O–H groups in total. The van der Waals surface area contributed by atoms with Crippen LogP contribution in [0.25, 0.3) is 0 Å². The topological polar surface area (TPSA) is 62.3 Å². The van der Waals surface area contributed by atoms with Gasteiger partial charge in [-0.2, -0.15) is 4.31 Å². The number of nitrogens with zero attached hydrogens (tertiary/aromatic N) is 2. The number of aryl methyl sites for hydroxylation is 1. The van der Waals surface area contributed by atoms with E-state index in [4.69, 9.17) is 0 Å². The molecule has 1 aromatic heterocycles. The summed E-state index contributed by atoms with van der Waals surface area (Å²) < 4.78 is 26.8. The first-order chi connectivity index (χ1) is 8.95. The van der Waals surface area contributed by atoms with Crippen LogP contribution in [0.5, 0.6) is 0 Å². The molecule has 0 saturated carbocycles. The van der Waals surface area contributed by atoms with Gasteiger partial charge in [-0.05, 0) is 39.7 Å². The minimum Gasteiger partial charge on any atom is -0.317 e. The maximum atomic E-state index is 12.4. The number of hydrogen-bond acceptors (Lipinski definition) is 5. The number of thiazole rings is 1. The Morgan fingerprint density at radius 1 is 1.47 bits per heavy atom. The van der Waals surface area contributed by atoms with Crippen LogP contribution in [0.15, 0.2) is 10.4 Å². The molecule has 0 bridgehead atoms. The molecule has 5 nitrogen and oxygen atoms in total. The van der Waals surface area contributed by atoms with Crippen molar-refractivity contribution in [3.8, 4) is 0 Å². The lowest BCUT2D eigenvalue weighted by Crippen LogP contribution is -2.43. The van der Waals surface area contributed by atoms with Gasteiger partial charge < -0.3 is 5.32 Å². The fraction of sp³-hybridized carbons (Fsp3) is 0.750. The predicted molar refractivity (Wildman–Crippen MR) is 76.9 cm³/mol. The lowest BCUT2D eigenvalue weighted by Gasteiger charge is -2.33. The van der Waals surface area contributed by atoms with Gasteiger partial charge in [-0.25, -0.2) is 13.4 Å². The fourth-order valence-corrected chi connectivity index (χ4v) is 5.17. The van der Waals surface area contributed by atoms with E-state index in [-0.39, 0.29) is 0 Å². The van der Waals surface area contributed by atoms with Crippen LogP contribution in [0.2, 0.25) is 0 Å². The SMILES string of the molecule is CNC(C)C1CCN(S(=O)(=O)c2cnc(C)s2)CC1. The highest BCUT2D eigenvalue weighted by molar-refractivity contribution is 7.91. The standard InChI is InChI=1S/C12H21N3O2S2/c1-9(13-3)11-4-6-15(7-5-11)19(16,17)12-8-14-10(2)18-12/h8-9,11,13H,4-7H2,1-3H3. The Kier molecular flexibility index (Phi) is 4.60. The first kappa shape index (κ1) is 14.9. The average Bonchev–Trinajstić information content (AvgIpc) is 2.85. The number of rotatable bonds is 4. The highest BCUT2D eigenvalue weighted by Crippen LogP contribution is 2.27. The summed E-state index contributed by atoms with van der Waals surface area (Å²) in [6, 6.07) is 0.440. The van der Waals surface area contributed by atoms with Crippen molar-refractivity contribution in [3.63, 3.8) is 0 Å². The Labute approximate surface area is 119 Å². The predicted octanol–water partition coefficient (Wildman–Crippen LogP) is 1.46. The van der Waals surface area contributed by atoms with Gasteiger partial charge in [0, 0.05) is 19.1 Å². The van der Waals surface area contributed by atoms with Crippen LogP contribution in [0, 0.1) is 12.8 Å². The van der Waals surface area contributed by atoms with Crippen molar-refractivity contribution in [2.45, 2.75) is 36.9 Å². The smallest absolute Gasteiger partial charge is 0.254 e. The molecule has 7 heteroatoms. The van der Waals surface area contributed by atoms with Gasteiger partial charge in [0.25, 0.3) is 10.0 Å². The molecular weight excluding hydrogens is 282 g/mol. The Morgan fingerprint density at radius 2 is 2.11 bits per heavy atom. The minimum absolute atomic E-state index is 0.366. The lowest BCUT2D eigenvalue weighted by molar-refractivity contribution is 0.237. The average molecular weight is 303 g/mol. The van der Waals surface area contributed by atoms with Crippen LogP contribution in [0.1, 0.15) is 24.8 Å². The number of aromatic nitrogens is 1. The van der Waals surface area contributed by atoms with Crippen LogP contribution in [-0.2, 0) is 10.0 Å². The quantitative estimate of drug-likeness (QED) is 0.915. The second-order valence-corrected chi connectivity index (χ2v) is 8.42. The molecule has 1 aromatic rings. The summed E-state index contributed by atoms with van der Waals surface area (Å²) in [6.45, 7) is 5.19. The van der Waals surface area contributed by atoms with E-state index in [0.29, 0.717) is 29.3 Å². The summed E-state index contributed by atoms with van der Waals surface area (Å²) in [5.41, 5.74) is 0. The van der Waals surface area contributed by atoms with Crippen molar-refractivity contribution in [1.82, 2.24) is 14.6 Å². The Morgan fingerprint density at radius 3 is 2.58 bits per heavy atom. The third kappa shape index (κ3) is 3.16. The Balaban J connectivity index is 2.05. The molecule has 0 aliphatic carbocycles. The summed E-state index contributed by atoms with van der Waals surface area (Å²) in [6.07, 6.45) is 3.30. The highest BCUT2D eigenvalue weighted by Gasteiger charge is 2.31. The summed E-state index contributed by atoms with van der Waals surface area (Å²) >= 11 is 1.25. The number of sulfonamides is 1. The van der Waals surface area contributed by atoms with E-state index in [1.165, 1.54) is 17.5 Å². The Hall–Kier alpha value is -0.500. The van der Waals surface area contributed by atoms with Gasteiger partial charge in [0.1, 0.15) is 0 Å². The maximum Gasteiger partial charge on any atom is 0.254 e. The third-order valence-electron chi connectivity index (χ3n) is 3.86. The van der Waals surface area contributed by atoms with E-state index in [1.54, 1.807) is 4.31 Å². The van der Waals surface area contributed by atoms with Gasteiger partial charge >= 0.3 is 0 Å². The second-order valence-electron chi connectivity index (χ2n) is 5.02. The van der Waals surface area contributed by atoms with Crippen LogP contribution >= 0.6 is 11.3 Å². The molecule has 2 rings (SSSR count). The molecule has 0 radical (unpaired) electrons. The Bertz CT molecular complexity index is 519. The normalized spacial score (nSPS) is 20.6. The van der Waals surface area contributed by atoms with Crippen LogP contribution in [-0.4, -0.2) is 43.9 Å². The summed E-state index contributed by atoms with van der Waals surface area (Å²) in [5, 5.41) is 4.04. The molecule has 2 heterocycles. The molecule has 108 valence electrons. The maximum absolute atomic E-state index is 12.4. The van der Waals surface area contributed by atoms with Crippen molar-refractivity contribution in [2.24, 2.45) is 5.92 Å². The number of piperidine rings is 1. The van der Waals surface area contributed by atoms with Gasteiger partial charge in [-0.15, -0.1) is 11.3 Å². The monoisotopic (exact) mass is 303 g/mol.